The first kappa shape index (κ1) is 17.4. The number of carbonyl (C=O) groups excluding carboxylic acids is 1. The van der Waals surface area contributed by atoms with Crippen LogP contribution in [0.15, 0.2) is 29.2 Å². The molecule has 0 unspecified atom stereocenters. The zero-order valence-electron chi connectivity index (χ0n) is 12.3. The predicted molar refractivity (Wildman–Crippen MR) is 73.0 cm³/mol. The molecule has 0 aliphatic heterocycles. The van der Waals surface area contributed by atoms with E-state index >= 15 is 0 Å². The second-order valence-electron chi connectivity index (χ2n) is 4.54. The summed E-state index contributed by atoms with van der Waals surface area (Å²) in [5.41, 5.74) is -1.58. The third-order valence-corrected chi connectivity index (χ3v) is 2.84. The molecule has 24 heavy (non-hydrogen) atoms. The highest BCUT2D eigenvalue weighted by Crippen LogP contribution is 2.25. The van der Waals surface area contributed by atoms with E-state index in [-0.39, 0.29) is 11.4 Å². The maximum Gasteiger partial charge on any atom is 0.573 e. The lowest BCUT2D eigenvalue weighted by molar-refractivity contribution is -0.274. The number of ketones is 1. The molecule has 0 aliphatic rings. The summed E-state index contributed by atoms with van der Waals surface area (Å²) in [5.74, 6) is -2.82. The molecule has 0 amide bonds. The van der Waals surface area contributed by atoms with Crippen molar-refractivity contribution in [1.82, 2.24) is 9.78 Å². The van der Waals surface area contributed by atoms with Gasteiger partial charge in [-0.3, -0.25) is 9.59 Å². The molecule has 0 fully saturated rings. The van der Waals surface area contributed by atoms with Crippen LogP contribution in [0.5, 0.6) is 11.5 Å². The Hall–Kier alpha value is -2.91. The van der Waals surface area contributed by atoms with Gasteiger partial charge in [0.15, 0.2) is 23.0 Å². The molecule has 0 N–H and O–H groups in total. The molecule has 128 valence electrons. The lowest BCUT2D eigenvalue weighted by Gasteiger charge is -2.12. The van der Waals surface area contributed by atoms with Gasteiger partial charge in [0, 0.05) is 13.0 Å². The second-order valence-corrected chi connectivity index (χ2v) is 4.54. The zero-order valence-corrected chi connectivity index (χ0v) is 12.3. The molecule has 6 nitrogen and oxygen atoms in total. The normalized spacial score (nSPS) is 11.2. The molecule has 2 rings (SSSR count). The minimum Gasteiger partial charge on any atom is -0.491 e. The minimum absolute atomic E-state index is 0.273. The molecule has 1 aromatic heterocycles. The smallest absolute Gasteiger partial charge is 0.491 e. The van der Waals surface area contributed by atoms with E-state index in [9.17, 15) is 27.2 Å². The van der Waals surface area contributed by atoms with Crippen molar-refractivity contribution in [3.8, 4) is 17.2 Å². The van der Waals surface area contributed by atoms with Gasteiger partial charge in [-0.1, -0.05) is 0 Å². The predicted octanol–water partition coefficient (Wildman–Crippen LogP) is 2.48. The Morgan fingerprint density at radius 1 is 1.29 bits per heavy atom. The molecule has 0 atom stereocenters. The van der Waals surface area contributed by atoms with Crippen molar-refractivity contribution < 1.29 is 31.8 Å². The van der Waals surface area contributed by atoms with E-state index in [4.69, 9.17) is 4.74 Å². The van der Waals surface area contributed by atoms with Gasteiger partial charge < -0.3 is 9.47 Å². The second kappa shape index (κ2) is 6.30. The summed E-state index contributed by atoms with van der Waals surface area (Å²) in [4.78, 5) is 23.3. The Labute approximate surface area is 132 Å². The van der Waals surface area contributed by atoms with Crippen LogP contribution in [0.2, 0.25) is 0 Å². The highest BCUT2D eigenvalue weighted by Gasteiger charge is 2.31. The van der Waals surface area contributed by atoms with Crippen molar-refractivity contribution in [2.24, 2.45) is 0 Å². The van der Waals surface area contributed by atoms with E-state index in [0.29, 0.717) is 6.07 Å². The van der Waals surface area contributed by atoms with E-state index in [1.807, 2.05) is 0 Å². The number of nitrogens with zero attached hydrogens (tertiary/aromatic N) is 2. The van der Waals surface area contributed by atoms with Crippen LogP contribution in [0, 0.1) is 5.82 Å². The average molecular weight is 346 g/mol. The minimum atomic E-state index is -4.96. The van der Waals surface area contributed by atoms with Gasteiger partial charge in [0.1, 0.15) is 11.4 Å². The molecule has 0 saturated heterocycles. The van der Waals surface area contributed by atoms with Gasteiger partial charge in [0.05, 0.1) is 13.3 Å². The van der Waals surface area contributed by atoms with Gasteiger partial charge in [0.2, 0.25) is 0 Å². The van der Waals surface area contributed by atoms with Crippen LogP contribution in [-0.4, -0.2) is 29.0 Å². The summed E-state index contributed by atoms with van der Waals surface area (Å²) < 4.78 is 59.7. The molecule has 1 heterocycles. The highest BCUT2D eigenvalue weighted by atomic mass is 19.4. The molecule has 0 aliphatic carbocycles. The van der Waals surface area contributed by atoms with Crippen LogP contribution >= 0.6 is 0 Å². The Bertz CT molecular complexity index is 846. The Kier molecular flexibility index (Phi) is 4.58. The number of hydrogen-bond donors (Lipinski definition) is 0. The molecular formula is C14H10F4N2O4. The lowest BCUT2D eigenvalue weighted by Crippen LogP contribution is -2.22. The van der Waals surface area contributed by atoms with Crippen molar-refractivity contribution in [2.75, 3.05) is 7.11 Å². The summed E-state index contributed by atoms with van der Waals surface area (Å²) in [6, 6.07) is 2.32. The van der Waals surface area contributed by atoms with Crippen LogP contribution in [0.25, 0.3) is 5.69 Å². The fourth-order valence-electron chi connectivity index (χ4n) is 1.84. The summed E-state index contributed by atoms with van der Waals surface area (Å²) in [5, 5.41) is 3.69. The summed E-state index contributed by atoms with van der Waals surface area (Å²) in [7, 11) is 1.17. The summed E-state index contributed by atoms with van der Waals surface area (Å²) >= 11 is 0. The number of benzene rings is 1. The quantitative estimate of drug-likeness (QED) is 0.628. The fraction of sp³-hybridized carbons (Fsp3) is 0.214. The van der Waals surface area contributed by atoms with Crippen molar-refractivity contribution in [3.63, 3.8) is 0 Å². The number of carbonyl (C=O) groups is 1. The first-order valence-electron chi connectivity index (χ1n) is 6.37. The number of aromatic nitrogens is 2. The van der Waals surface area contributed by atoms with Gasteiger partial charge in [-0.25, -0.2) is 9.07 Å². The largest absolute Gasteiger partial charge is 0.573 e. The van der Waals surface area contributed by atoms with E-state index < -0.39 is 34.8 Å². The number of Topliss-reactive ketones (excluding diaryl/α,β-unsaturated/α-hetero) is 1. The van der Waals surface area contributed by atoms with Crippen molar-refractivity contribution >= 4 is 5.78 Å². The maximum atomic E-state index is 14.1. The molecule has 0 radical (unpaired) electrons. The number of alkyl halides is 3. The Balaban J connectivity index is 2.54. The molecule has 1 aromatic carbocycles. The third kappa shape index (κ3) is 3.70. The lowest BCUT2D eigenvalue weighted by atomic mass is 10.2. The van der Waals surface area contributed by atoms with Crippen LogP contribution in [-0.2, 0) is 0 Å². The molecule has 2 aromatic rings. The number of halogens is 4. The molecule has 10 heteroatoms. The maximum absolute atomic E-state index is 14.1. The highest BCUT2D eigenvalue weighted by molar-refractivity contribution is 5.92. The molecule has 0 bridgehead atoms. The van der Waals surface area contributed by atoms with E-state index in [2.05, 4.69) is 9.84 Å². The van der Waals surface area contributed by atoms with Crippen molar-refractivity contribution in [3.05, 3.63) is 46.1 Å². The number of ether oxygens (including phenoxy) is 2. The molecule has 0 saturated carbocycles. The topological polar surface area (TPSA) is 70.4 Å². The fourth-order valence-corrected chi connectivity index (χ4v) is 1.84. The van der Waals surface area contributed by atoms with Crippen molar-refractivity contribution in [1.29, 1.82) is 0 Å². The van der Waals surface area contributed by atoms with E-state index in [1.54, 1.807) is 0 Å². The van der Waals surface area contributed by atoms with Crippen molar-refractivity contribution in [2.45, 2.75) is 13.3 Å². The third-order valence-electron chi connectivity index (χ3n) is 2.84. The first-order valence-corrected chi connectivity index (χ1v) is 6.37. The SMILES string of the molecule is COc1cn(-c2ccc(OC(F)(F)F)cc2F)nc(C(C)=O)c1=O. The van der Waals surface area contributed by atoms with Gasteiger partial charge in [0.25, 0.3) is 5.43 Å². The van der Waals surface area contributed by atoms with Gasteiger partial charge >= 0.3 is 6.36 Å². The van der Waals surface area contributed by atoms with E-state index in [0.717, 1.165) is 29.9 Å². The van der Waals surface area contributed by atoms with Crippen LogP contribution < -0.4 is 14.9 Å². The summed E-state index contributed by atoms with van der Waals surface area (Å²) in [6.07, 6.45) is -3.95. The monoisotopic (exact) mass is 346 g/mol. The number of rotatable bonds is 4. The van der Waals surface area contributed by atoms with Gasteiger partial charge in [-0.05, 0) is 12.1 Å². The Morgan fingerprint density at radius 3 is 2.46 bits per heavy atom. The standard InChI is InChI=1S/C14H10F4N2O4/c1-7(21)12-13(22)11(23-2)6-20(19-12)10-4-3-8(5-9(10)15)24-14(16,17)18/h3-6H,1-2H3. The van der Waals surface area contributed by atoms with Gasteiger partial charge in [-0.2, -0.15) is 5.10 Å². The molecular weight excluding hydrogens is 336 g/mol. The van der Waals surface area contributed by atoms with E-state index in [1.165, 1.54) is 7.11 Å². The number of hydrogen-bond acceptors (Lipinski definition) is 5. The number of methoxy groups -OCH3 is 1. The zero-order chi connectivity index (χ0) is 18.1. The van der Waals surface area contributed by atoms with Crippen LogP contribution in [0.3, 0.4) is 0 Å². The first-order chi connectivity index (χ1) is 11.1. The molecule has 0 spiro atoms. The van der Waals surface area contributed by atoms with Crippen LogP contribution in [0.1, 0.15) is 17.4 Å². The van der Waals surface area contributed by atoms with Crippen LogP contribution in [0.4, 0.5) is 17.6 Å². The summed E-state index contributed by atoms with van der Waals surface area (Å²) in [6.45, 7) is 1.09. The Morgan fingerprint density at radius 2 is 1.96 bits per heavy atom. The average Bonchev–Trinajstić information content (AvgIpc) is 2.46. The van der Waals surface area contributed by atoms with Gasteiger partial charge in [-0.15, -0.1) is 13.2 Å².